The number of rotatable bonds is 4. The van der Waals surface area contributed by atoms with E-state index in [4.69, 9.17) is 9.88 Å². The molecule has 0 aliphatic heterocycles. The van der Waals surface area contributed by atoms with Crippen LogP contribution in [0.15, 0.2) is 47.4 Å². The smallest absolute Gasteiger partial charge is 0.416 e. The van der Waals surface area contributed by atoms with Crippen molar-refractivity contribution in [1.29, 1.82) is 0 Å². The number of alkyl halides is 3. The lowest BCUT2D eigenvalue weighted by Crippen LogP contribution is -2.15. The fraction of sp³-hybridized carbons (Fsp3) is 0.188. The minimum atomic E-state index is -4.58. The van der Waals surface area contributed by atoms with Gasteiger partial charge in [-0.05, 0) is 30.7 Å². The third-order valence-corrected chi connectivity index (χ3v) is 4.46. The van der Waals surface area contributed by atoms with Crippen LogP contribution in [0.4, 0.5) is 13.2 Å². The number of nitrogens with two attached hydrogens (primary N) is 1. The molecular weight excluding hydrogens is 359 g/mol. The number of aryl methyl sites for hydroxylation is 1. The molecule has 25 heavy (non-hydrogen) atoms. The summed E-state index contributed by atoms with van der Waals surface area (Å²) in [7, 11) is -4.04. The zero-order chi connectivity index (χ0) is 18.8. The Bertz CT molecular complexity index is 908. The summed E-state index contributed by atoms with van der Waals surface area (Å²) in [4.78, 5) is 11.8. The summed E-state index contributed by atoms with van der Waals surface area (Å²) in [6, 6.07) is 8.40. The highest BCUT2D eigenvalue weighted by Crippen LogP contribution is 2.32. The van der Waals surface area contributed by atoms with Gasteiger partial charge in [0.25, 0.3) is 0 Å². The molecule has 2 N–H and O–H groups in total. The Kier molecular flexibility index (Phi) is 5.19. The largest absolute Gasteiger partial charge is 0.457 e. The molecule has 0 spiro atoms. The van der Waals surface area contributed by atoms with Gasteiger partial charge in [-0.2, -0.15) is 13.2 Å². The van der Waals surface area contributed by atoms with E-state index in [0.717, 1.165) is 12.1 Å². The van der Waals surface area contributed by atoms with Crippen LogP contribution in [0.3, 0.4) is 0 Å². The number of benzene rings is 2. The van der Waals surface area contributed by atoms with Gasteiger partial charge in [-0.1, -0.05) is 24.3 Å². The second-order valence-electron chi connectivity index (χ2n) is 5.26. The zero-order valence-corrected chi connectivity index (χ0v) is 13.8. The minimum absolute atomic E-state index is 0.126. The highest BCUT2D eigenvalue weighted by Gasteiger charge is 2.33. The van der Waals surface area contributed by atoms with Crippen molar-refractivity contribution in [3.63, 3.8) is 0 Å². The van der Waals surface area contributed by atoms with E-state index in [1.165, 1.54) is 37.3 Å². The third-order valence-electron chi connectivity index (χ3n) is 3.41. The number of sulfonamides is 1. The molecule has 134 valence electrons. The molecule has 0 heterocycles. The molecule has 0 aliphatic carbocycles. The topological polar surface area (TPSA) is 86.5 Å². The molecule has 0 atom stereocenters. The van der Waals surface area contributed by atoms with E-state index in [-0.39, 0.29) is 16.0 Å². The van der Waals surface area contributed by atoms with Crippen LogP contribution < -0.4 is 5.14 Å². The molecule has 0 aliphatic rings. The first-order valence-electron chi connectivity index (χ1n) is 6.96. The van der Waals surface area contributed by atoms with E-state index in [0.29, 0.717) is 5.56 Å². The van der Waals surface area contributed by atoms with Crippen molar-refractivity contribution in [2.75, 3.05) is 0 Å². The standard InChI is InChI=1S/C16H14F3NO4S/c1-10-6-7-11(8-14(10)25(20,22)23)15(21)24-9-12-4-2-3-5-13(12)16(17,18)19/h2-8H,9H2,1H3,(H2,20,22,23). The van der Waals surface area contributed by atoms with Crippen molar-refractivity contribution >= 4 is 16.0 Å². The molecular formula is C16H14F3NO4S. The van der Waals surface area contributed by atoms with Gasteiger partial charge in [-0.3, -0.25) is 0 Å². The summed E-state index contributed by atoms with van der Waals surface area (Å²) >= 11 is 0. The molecule has 2 rings (SSSR count). The number of carbonyl (C=O) groups is 1. The number of primary sulfonamides is 1. The first kappa shape index (κ1) is 18.9. The van der Waals surface area contributed by atoms with Gasteiger partial charge in [0.2, 0.25) is 10.0 Å². The summed E-state index contributed by atoms with van der Waals surface area (Å²) in [5, 5.41) is 5.05. The number of hydrogen-bond donors (Lipinski definition) is 1. The van der Waals surface area contributed by atoms with Gasteiger partial charge in [-0.25, -0.2) is 18.4 Å². The highest BCUT2D eigenvalue weighted by molar-refractivity contribution is 7.89. The molecule has 0 amide bonds. The molecule has 2 aromatic rings. The molecule has 5 nitrogen and oxygen atoms in total. The van der Waals surface area contributed by atoms with Crippen molar-refractivity contribution in [3.8, 4) is 0 Å². The Labute approximate surface area is 142 Å². The Morgan fingerprint density at radius 2 is 1.80 bits per heavy atom. The van der Waals surface area contributed by atoms with Crippen LogP contribution in [0.5, 0.6) is 0 Å². The lowest BCUT2D eigenvalue weighted by atomic mass is 10.1. The van der Waals surface area contributed by atoms with Crippen molar-refractivity contribution in [1.82, 2.24) is 0 Å². The van der Waals surface area contributed by atoms with Gasteiger partial charge in [0.1, 0.15) is 6.61 Å². The van der Waals surface area contributed by atoms with Crippen LogP contribution >= 0.6 is 0 Å². The maximum atomic E-state index is 12.9. The van der Waals surface area contributed by atoms with Gasteiger partial charge in [-0.15, -0.1) is 0 Å². The van der Waals surface area contributed by atoms with E-state index in [9.17, 15) is 26.4 Å². The van der Waals surface area contributed by atoms with Gasteiger partial charge in [0.15, 0.2) is 0 Å². The van der Waals surface area contributed by atoms with E-state index < -0.39 is 34.3 Å². The van der Waals surface area contributed by atoms with Crippen LogP contribution in [0.25, 0.3) is 0 Å². The van der Waals surface area contributed by atoms with E-state index in [1.54, 1.807) is 0 Å². The summed E-state index contributed by atoms with van der Waals surface area (Å²) < 4.78 is 66.5. The summed E-state index contributed by atoms with van der Waals surface area (Å²) in [5.41, 5.74) is -0.903. The SMILES string of the molecule is Cc1ccc(C(=O)OCc2ccccc2C(F)(F)F)cc1S(N)(=O)=O. The second kappa shape index (κ2) is 6.85. The fourth-order valence-electron chi connectivity index (χ4n) is 2.18. The van der Waals surface area contributed by atoms with Crippen LogP contribution in [0, 0.1) is 6.92 Å². The number of esters is 1. The molecule has 0 fully saturated rings. The molecule has 9 heteroatoms. The average Bonchev–Trinajstić information content (AvgIpc) is 2.51. The van der Waals surface area contributed by atoms with Gasteiger partial charge in [0.05, 0.1) is 16.0 Å². The van der Waals surface area contributed by atoms with Crippen molar-refractivity contribution in [3.05, 3.63) is 64.7 Å². The predicted molar refractivity (Wildman–Crippen MR) is 83.1 cm³/mol. The predicted octanol–water partition coefficient (Wildman–Crippen LogP) is 3.02. The molecule has 0 radical (unpaired) electrons. The molecule has 0 saturated heterocycles. The monoisotopic (exact) mass is 373 g/mol. The maximum Gasteiger partial charge on any atom is 0.416 e. The Morgan fingerprint density at radius 3 is 2.40 bits per heavy atom. The lowest BCUT2D eigenvalue weighted by Gasteiger charge is -2.13. The number of carbonyl (C=O) groups excluding carboxylic acids is 1. The number of halogens is 3. The minimum Gasteiger partial charge on any atom is -0.457 e. The van der Waals surface area contributed by atoms with Crippen LogP contribution in [0.2, 0.25) is 0 Å². The first-order chi connectivity index (χ1) is 11.5. The Hall–Kier alpha value is -2.39. The zero-order valence-electron chi connectivity index (χ0n) is 13.0. The number of hydrogen-bond acceptors (Lipinski definition) is 4. The third kappa shape index (κ3) is 4.58. The van der Waals surface area contributed by atoms with Crippen molar-refractivity contribution in [2.45, 2.75) is 24.6 Å². The van der Waals surface area contributed by atoms with Crippen molar-refractivity contribution in [2.24, 2.45) is 5.14 Å². The highest BCUT2D eigenvalue weighted by atomic mass is 32.2. The fourth-order valence-corrected chi connectivity index (χ4v) is 2.99. The van der Waals surface area contributed by atoms with Crippen LogP contribution in [0.1, 0.15) is 27.0 Å². The van der Waals surface area contributed by atoms with Crippen LogP contribution in [-0.2, 0) is 27.5 Å². The first-order valence-corrected chi connectivity index (χ1v) is 8.50. The van der Waals surface area contributed by atoms with Gasteiger partial charge < -0.3 is 4.74 Å². The quantitative estimate of drug-likeness (QED) is 0.835. The normalized spacial score (nSPS) is 12.0. The molecule has 0 bridgehead atoms. The van der Waals surface area contributed by atoms with Crippen LogP contribution in [-0.4, -0.2) is 14.4 Å². The molecule has 2 aromatic carbocycles. The summed E-state index contributed by atoms with van der Waals surface area (Å²) in [6.45, 7) is 0.890. The molecule has 0 saturated carbocycles. The Balaban J connectivity index is 2.23. The molecule has 0 aromatic heterocycles. The van der Waals surface area contributed by atoms with Gasteiger partial charge in [0, 0.05) is 5.56 Å². The second-order valence-corrected chi connectivity index (χ2v) is 6.79. The molecule has 0 unspecified atom stereocenters. The average molecular weight is 373 g/mol. The summed E-state index contributed by atoms with van der Waals surface area (Å²) in [5.74, 6) is -0.957. The number of ether oxygens (including phenoxy) is 1. The Morgan fingerprint density at radius 1 is 1.16 bits per heavy atom. The van der Waals surface area contributed by atoms with Crippen molar-refractivity contribution < 1.29 is 31.1 Å². The van der Waals surface area contributed by atoms with E-state index in [2.05, 4.69) is 0 Å². The lowest BCUT2D eigenvalue weighted by molar-refractivity contribution is -0.138. The van der Waals surface area contributed by atoms with E-state index >= 15 is 0 Å². The van der Waals surface area contributed by atoms with Gasteiger partial charge >= 0.3 is 12.1 Å². The maximum absolute atomic E-state index is 12.9. The summed E-state index contributed by atoms with van der Waals surface area (Å²) in [6.07, 6.45) is -4.58. The van der Waals surface area contributed by atoms with E-state index in [1.807, 2.05) is 0 Å².